The molecule has 30 heavy (non-hydrogen) atoms. The van der Waals surface area contributed by atoms with Gasteiger partial charge in [-0.3, -0.25) is 9.59 Å². The molecule has 0 spiro atoms. The van der Waals surface area contributed by atoms with Gasteiger partial charge in [0.1, 0.15) is 6.54 Å². The van der Waals surface area contributed by atoms with Crippen LogP contribution in [0.4, 0.5) is 0 Å². The predicted molar refractivity (Wildman–Crippen MR) is 119 cm³/mol. The average Bonchev–Trinajstić information content (AvgIpc) is 2.78. The van der Waals surface area contributed by atoms with Crippen molar-refractivity contribution < 1.29 is 4.79 Å². The van der Waals surface area contributed by atoms with Crippen molar-refractivity contribution in [1.82, 2.24) is 15.1 Å². The minimum absolute atomic E-state index is 0.114. The monoisotopic (exact) mass is 397 g/mol. The van der Waals surface area contributed by atoms with E-state index in [1.807, 2.05) is 74.5 Å². The summed E-state index contributed by atoms with van der Waals surface area (Å²) in [5.41, 5.74) is 3.74. The maximum absolute atomic E-state index is 12.7. The van der Waals surface area contributed by atoms with Gasteiger partial charge in [0.15, 0.2) is 0 Å². The molecule has 5 nitrogen and oxygen atoms in total. The summed E-state index contributed by atoms with van der Waals surface area (Å²) in [7, 11) is 0. The van der Waals surface area contributed by atoms with Crippen LogP contribution in [0.15, 0.2) is 83.7 Å². The van der Waals surface area contributed by atoms with Crippen LogP contribution in [0.25, 0.3) is 21.9 Å². The van der Waals surface area contributed by atoms with Crippen LogP contribution in [-0.4, -0.2) is 15.7 Å². The first-order valence-electron chi connectivity index (χ1n) is 9.94. The maximum Gasteiger partial charge on any atom is 0.275 e. The number of benzene rings is 3. The molecule has 1 atom stereocenters. The van der Waals surface area contributed by atoms with Crippen molar-refractivity contribution in [2.24, 2.45) is 0 Å². The van der Waals surface area contributed by atoms with Crippen molar-refractivity contribution in [1.29, 1.82) is 0 Å². The van der Waals surface area contributed by atoms with E-state index in [0.29, 0.717) is 5.39 Å². The molecule has 4 aromatic rings. The molecule has 0 saturated carbocycles. The van der Waals surface area contributed by atoms with Crippen LogP contribution in [-0.2, 0) is 11.3 Å². The van der Waals surface area contributed by atoms with Crippen LogP contribution in [0.1, 0.15) is 24.2 Å². The number of aromatic nitrogens is 2. The highest BCUT2D eigenvalue weighted by molar-refractivity contribution is 5.83. The number of amides is 1. The normalized spacial score (nSPS) is 11.9. The number of nitrogens with zero attached hydrogens (tertiary/aromatic N) is 2. The fraction of sp³-hybridized carbons (Fsp3) is 0.160. The third-order valence-electron chi connectivity index (χ3n) is 5.24. The molecule has 0 bridgehead atoms. The van der Waals surface area contributed by atoms with Gasteiger partial charge in [0.2, 0.25) is 5.91 Å². The fourth-order valence-corrected chi connectivity index (χ4v) is 3.61. The fourth-order valence-electron chi connectivity index (χ4n) is 3.61. The summed E-state index contributed by atoms with van der Waals surface area (Å²) in [4.78, 5) is 25.2. The van der Waals surface area contributed by atoms with Gasteiger partial charge in [0.25, 0.3) is 5.56 Å². The number of aryl methyl sites for hydroxylation is 1. The van der Waals surface area contributed by atoms with Crippen molar-refractivity contribution in [3.63, 3.8) is 0 Å². The molecule has 1 heterocycles. The second-order valence-electron chi connectivity index (χ2n) is 7.37. The summed E-state index contributed by atoms with van der Waals surface area (Å²) in [5, 5.41) is 8.65. The summed E-state index contributed by atoms with van der Waals surface area (Å²) < 4.78 is 1.23. The third-order valence-corrected chi connectivity index (χ3v) is 5.24. The van der Waals surface area contributed by atoms with Crippen LogP contribution in [0.5, 0.6) is 0 Å². The summed E-state index contributed by atoms with van der Waals surface area (Å²) in [5.74, 6) is -0.251. The molecule has 4 rings (SSSR count). The number of hydrogen-bond acceptors (Lipinski definition) is 3. The van der Waals surface area contributed by atoms with E-state index in [-0.39, 0.29) is 24.1 Å². The van der Waals surface area contributed by atoms with Crippen LogP contribution < -0.4 is 10.9 Å². The Labute approximate surface area is 175 Å². The van der Waals surface area contributed by atoms with Gasteiger partial charge in [-0.25, -0.2) is 4.68 Å². The van der Waals surface area contributed by atoms with Crippen LogP contribution in [0, 0.1) is 6.92 Å². The number of hydrogen-bond donors (Lipinski definition) is 1. The van der Waals surface area contributed by atoms with Crippen molar-refractivity contribution in [3.8, 4) is 11.1 Å². The lowest BCUT2D eigenvalue weighted by molar-refractivity contribution is -0.122. The summed E-state index contributed by atoms with van der Waals surface area (Å²) >= 11 is 0. The Balaban J connectivity index is 1.47. The van der Waals surface area contributed by atoms with E-state index < -0.39 is 0 Å². The van der Waals surface area contributed by atoms with E-state index in [1.165, 1.54) is 4.68 Å². The first-order chi connectivity index (χ1) is 14.5. The molecule has 0 radical (unpaired) electrons. The maximum atomic E-state index is 12.7. The zero-order chi connectivity index (χ0) is 21.1. The lowest BCUT2D eigenvalue weighted by Gasteiger charge is -2.16. The summed E-state index contributed by atoms with van der Waals surface area (Å²) in [6.45, 7) is 3.65. The first kappa shape index (κ1) is 19.6. The Kier molecular flexibility index (Phi) is 5.44. The summed E-state index contributed by atoms with van der Waals surface area (Å²) in [6, 6.07) is 25.4. The Morgan fingerprint density at radius 1 is 0.900 bits per heavy atom. The standard InChI is InChI=1S/C25H23N3O2/c1-17(19-12-14-21(15-13-19)20-8-4-3-5-9-20)26-24(29)16-28-25(30)23-11-7-6-10-22(23)18(2)27-28/h3-15,17H,16H2,1-2H3,(H,26,29). The molecule has 1 unspecified atom stereocenters. The number of carbonyl (C=O) groups is 1. The molecule has 0 aliphatic carbocycles. The Bertz CT molecular complexity index is 1250. The molecule has 0 fully saturated rings. The van der Waals surface area contributed by atoms with Gasteiger partial charge in [-0.1, -0.05) is 72.8 Å². The van der Waals surface area contributed by atoms with E-state index in [2.05, 4.69) is 22.5 Å². The van der Waals surface area contributed by atoms with E-state index >= 15 is 0 Å². The van der Waals surface area contributed by atoms with Crippen molar-refractivity contribution in [2.45, 2.75) is 26.4 Å². The van der Waals surface area contributed by atoms with Crippen molar-refractivity contribution in [3.05, 3.63) is 100 Å². The predicted octanol–water partition coefficient (Wildman–Crippen LogP) is 4.25. The zero-order valence-electron chi connectivity index (χ0n) is 17.0. The van der Waals surface area contributed by atoms with E-state index in [4.69, 9.17) is 0 Å². The Hall–Kier alpha value is -3.73. The van der Waals surface area contributed by atoms with Crippen LogP contribution in [0.2, 0.25) is 0 Å². The van der Waals surface area contributed by atoms with Crippen molar-refractivity contribution in [2.75, 3.05) is 0 Å². The van der Waals surface area contributed by atoms with Gasteiger partial charge in [-0.2, -0.15) is 5.10 Å². The smallest absolute Gasteiger partial charge is 0.275 e. The molecule has 3 aromatic carbocycles. The highest BCUT2D eigenvalue weighted by Crippen LogP contribution is 2.21. The Morgan fingerprint density at radius 3 is 2.20 bits per heavy atom. The van der Waals surface area contributed by atoms with Gasteiger partial charge in [0, 0.05) is 5.39 Å². The zero-order valence-corrected chi connectivity index (χ0v) is 17.0. The molecule has 0 aliphatic rings. The van der Waals surface area contributed by atoms with Gasteiger partial charge >= 0.3 is 0 Å². The van der Waals surface area contributed by atoms with Gasteiger partial charge < -0.3 is 5.32 Å². The Morgan fingerprint density at radius 2 is 1.50 bits per heavy atom. The second kappa shape index (κ2) is 8.33. The largest absolute Gasteiger partial charge is 0.348 e. The van der Waals surface area contributed by atoms with E-state index in [9.17, 15) is 9.59 Å². The minimum atomic E-state index is -0.258. The molecular weight excluding hydrogens is 374 g/mol. The molecule has 0 saturated heterocycles. The third kappa shape index (κ3) is 4.01. The first-order valence-corrected chi connectivity index (χ1v) is 9.94. The van der Waals surface area contributed by atoms with Crippen LogP contribution in [0.3, 0.4) is 0 Å². The van der Waals surface area contributed by atoms with Gasteiger partial charge in [-0.15, -0.1) is 0 Å². The molecular formula is C25H23N3O2. The van der Waals surface area contributed by atoms with Crippen LogP contribution >= 0.6 is 0 Å². The topological polar surface area (TPSA) is 64.0 Å². The molecule has 1 N–H and O–H groups in total. The van der Waals surface area contributed by atoms with E-state index in [1.54, 1.807) is 6.07 Å². The highest BCUT2D eigenvalue weighted by atomic mass is 16.2. The van der Waals surface area contributed by atoms with Gasteiger partial charge in [0.05, 0.1) is 17.1 Å². The molecule has 0 aliphatic heterocycles. The van der Waals surface area contributed by atoms with E-state index in [0.717, 1.165) is 27.8 Å². The number of fused-ring (bicyclic) bond motifs is 1. The lowest BCUT2D eigenvalue weighted by atomic mass is 10.0. The quantitative estimate of drug-likeness (QED) is 0.548. The molecule has 150 valence electrons. The average molecular weight is 397 g/mol. The SMILES string of the molecule is Cc1nn(CC(=O)NC(C)c2ccc(-c3ccccc3)cc2)c(=O)c2ccccc12. The highest BCUT2D eigenvalue weighted by Gasteiger charge is 2.14. The van der Waals surface area contributed by atoms with Crippen molar-refractivity contribution >= 4 is 16.7 Å². The molecule has 5 heteroatoms. The number of carbonyl (C=O) groups excluding carboxylic acids is 1. The second-order valence-corrected chi connectivity index (χ2v) is 7.37. The number of nitrogens with one attached hydrogen (secondary N) is 1. The lowest BCUT2D eigenvalue weighted by Crippen LogP contribution is -2.35. The molecule has 1 aromatic heterocycles. The summed E-state index contributed by atoms with van der Waals surface area (Å²) in [6.07, 6.45) is 0. The minimum Gasteiger partial charge on any atom is -0.348 e. The van der Waals surface area contributed by atoms with Gasteiger partial charge in [-0.05, 0) is 36.6 Å². The molecule has 1 amide bonds. The number of rotatable bonds is 5.